The summed E-state index contributed by atoms with van der Waals surface area (Å²) in [5.41, 5.74) is 6.44. The van der Waals surface area contributed by atoms with Crippen molar-refractivity contribution in [2.45, 2.75) is 116 Å². The molecule has 1 spiro atoms. The summed E-state index contributed by atoms with van der Waals surface area (Å²) in [6.45, 7) is 12.7. The Morgan fingerprint density at radius 3 is 2.77 bits per heavy atom. The topological polar surface area (TPSA) is 61.8 Å². The lowest BCUT2D eigenvalue weighted by Crippen LogP contribution is -2.53. The van der Waals surface area contributed by atoms with Gasteiger partial charge in [0.25, 0.3) is 0 Å². The Bertz CT molecular complexity index is 1300. The van der Waals surface area contributed by atoms with Crippen LogP contribution in [-0.2, 0) is 22.1 Å². The van der Waals surface area contributed by atoms with Crippen molar-refractivity contribution in [3.8, 4) is 0 Å². The zero-order chi connectivity index (χ0) is 30.6. The maximum absolute atomic E-state index is 12.8. The van der Waals surface area contributed by atoms with Gasteiger partial charge in [0.2, 0.25) is 0 Å². The lowest BCUT2D eigenvalue weighted by atomic mass is 9.56. The Morgan fingerprint density at radius 1 is 1.14 bits per heavy atom. The Kier molecular flexibility index (Phi) is 8.80. The van der Waals surface area contributed by atoms with E-state index >= 15 is 0 Å². The van der Waals surface area contributed by atoms with Crippen LogP contribution >= 0.6 is 0 Å². The quantitative estimate of drug-likeness (QED) is 0.337. The van der Waals surface area contributed by atoms with Crippen LogP contribution in [0.2, 0.25) is 0 Å². The van der Waals surface area contributed by atoms with E-state index in [9.17, 15) is 9.32 Å². The van der Waals surface area contributed by atoms with E-state index in [4.69, 9.17) is 4.74 Å². The van der Waals surface area contributed by atoms with Crippen LogP contribution < -0.4 is 4.72 Å². The number of ether oxygens (including phenoxy) is 1. The molecule has 0 aromatic heterocycles. The normalized spacial score (nSPS) is 42.7. The van der Waals surface area contributed by atoms with Crippen molar-refractivity contribution in [2.24, 2.45) is 35.0 Å². The largest absolute Gasteiger partial charge is 0.389 e. The second-order valence-electron chi connectivity index (χ2n) is 15.9. The van der Waals surface area contributed by atoms with Crippen molar-refractivity contribution < 1.29 is 14.1 Å². The van der Waals surface area contributed by atoms with E-state index in [0.29, 0.717) is 35.7 Å². The molecule has 2 saturated heterocycles. The van der Waals surface area contributed by atoms with Gasteiger partial charge in [-0.25, -0.2) is 8.93 Å². The van der Waals surface area contributed by atoms with Gasteiger partial charge in [0.1, 0.15) is 0 Å². The number of rotatable bonds is 7. The van der Waals surface area contributed by atoms with Crippen LogP contribution in [0.15, 0.2) is 53.1 Å². The summed E-state index contributed by atoms with van der Waals surface area (Å²) in [7, 11) is -1.01. The molecular formula is C38H56N2O3S. The molecule has 0 radical (unpaired) electrons. The van der Waals surface area contributed by atoms with Crippen molar-refractivity contribution in [1.29, 1.82) is 0 Å². The molecule has 6 heteroatoms. The lowest BCUT2D eigenvalue weighted by Gasteiger charge is -2.49. The summed E-state index contributed by atoms with van der Waals surface area (Å²) >= 11 is 0. The number of benzene rings is 1. The van der Waals surface area contributed by atoms with Crippen LogP contribution in [0.5, 0.6) is 0 Å². The highest BCUT2D eigenvalue weighted by Gasteiger charge is 2.59. The van der Waals surface area contributed by atoms with Crippen LogP contribution in [0.3, 0.4) is 0 Å². The first kappa shape index (κ1) is 31.3. The molecule has 2 aliphatic heterocycles. The predicted molar refractivity (Wildman–Crippen MR) is 179 cm³/mol. The lowest BCUT2D eigenvalue weighted by molar-refractivity contribution is -0.0792. The molecule has 1 aromatic carbocycles. The van der Waals surface area contributed by atoms with Crippen LogP contribution in [0.1, 0.15) is 91.0 Å². The number of aryl methyl sites for hydroxylation is 1. The minimum atomic E-state index is -1.01. The molecule has 5 nitrogen and oxygen atoms in total. The smallest absolute Gasteiger partial charge is 0.0919 e. The molecule has 7 rings (SSSR count). The number of fused-ring (bicyclic) bond motifs is 6. The second-order valence-corrected chi connectivity index (χ2v) is 17.3. The summed E-state index contributed by atoms with van der Waals surface area (Å²) in [4.78, 5) is 2.69. The average molecular weight is 621 g/mol. The minimum Gasteiger partial charge on any atom is -0.389 e. The third kappa shape index (κ3) is 5.63. The van der Waals surface area contributed by atoms with Crippen LogP contribution in [-0.4, -0.2) is 63.5 Å². The molecule has 0 amide bonds. The molecule has 4 fully saturated rings. The summed E-state index contributed by atoms with van der Waals surface area (Å²) in [5, 5.41) is 10.4. The highest BCUT2D eigenvalue weighted by atomic mass is 32.2. The van der Waals surface area contributed by atoms with Gasteiger partial charge < -0.3 is 9.84 Å². The van der Waals surface area contributed by atoms with Gasteiger partial charge in [-0.1, -0.05) is 73.9 Å². The highest BCUT2D eigenvalue weighted by molar-refractivity contribution is 7.83. The van der Waals surface area contributed by atoms with Gasteiger partial charge in [0.15, 0.2) is 0 Å². The monoisotopic (exact) mass is 620 g/mol. The number of likely N-dealkylation sites (tertiary alicyclic amines) is 1. The molecule has 2 heterocycles. The maximum Gasteiger partial charge on any atom is 0.0919 e. The van der Waals surface area contributed by atoms with E-state index in [1.807, 2.05) is 6.07 Å². The first-order valence-corrected chi connectivity index (χ1v) is 19.1. The zero-order valence-electron chi connectivity index (χ0n) is 27.6. The predicted octanol–water partition coefficient (Wildman–Crippen LogP) is 6.60. The average Bonchev–Trinajstić information content (AvgIpc) is 3.47. The summed E-state index contributed by atoms with van der Waals surface area (Å²) in [6.07, 6.45) is 13.7. The van der Waals surface area contributed by atoms with E-state index in [0.717, 1.165) is 63.6 Å². The molecule has 44 heavy (non-hydrogen) atoms. The molecule has 4 aliphatic carbocycles. The number of aliphatic hydroxyl groups is 1. The second kappa shape index (κ2) is 12.4. The van der Waals surface area contributed by atoms with Gasteiger partial charge in [0.05, 0.1) is 28.8 Å². The number of nitrogens with zero attached hydrogens (tertiary/aromatic N) is 1. The first-order chi connectivity index (χ1) is 21.2. The van der Waals surface area contributed by atoms with Crippen LogP contribution in [0.4, 0.5) is 0 Å². The van der Waals surface area contributed by atoms with E-state index < -0.39 is 11.0 Å². The fraction of sp³-hybridized carbons (Fsp3) is 0.737. The van der Waals surface area contributed by atoms with Gasteiger partial charge >= 0.3 is 0 Å². The van der Waals surface area contributed by atoms with Crippen molar-refractivity contribution in [2.75, 3.05) is 25.4 Å². The van der Waals surface area contributed by atoms with Crippen molar-refractivity contribution in [1.82, 2.24) is 9.62 Å². The molecule has 1 aromatic rings. The van der Waals surface area contributed by atoms with Gasteiger partial charge in [-0.2, -0.15) is 0 Å². The van der Waals surface area contributed by atoms with Crippen molar-refractivity contribution in [3.05, 3.63) is 58.7 Å². The third-order valence-electron chi connectivity index (χ3n) is 13.4. The molecule has 6 aliphatic rings. The fourth-order valence-corrected chi connectivity index (χ4v) is 12.0. The Balaban J connectivity index is 1.02. The molecular weight excluding hydrogens is 564 g/mol. The number of hydrogen-bond donors (Lipinski definition) is 2. The van der Waals surface area contributed by atoms with Crippen LogP contribution in [0.25, 0.3) is 0 Å². The first-order valence-electron chi connectivity index (χ1n) is 17.8. The number of hydrogen-bond acceptors (Lipinski definition) is 4. The summed E-state index contributed by atoms with van der Waals surface area (Å²) < 4.78 is 23.4. The molecule has 11 atom stereocenters. The molecule has 0 bridgehead atoms. The van der Waals surface area contributed by atoms with E-state index in [-0.39, 0.29) is 17.1 Å². The Hall–Kier alpha value is -1.31. The SMILES string of the molecule is CC1=C2C[C@H]3[C@@H](CCC4=C[C@@H](O)CC[C@@]43C)[C@@H]2CC[C@@]2(C1)O[C@@H]1C[C@H](C)CN(CCNS(=O)CCc3ccccc3)[C@H]1[C@H]2C. The summed E-state index contributed by atoms with van der Waals surface area (Å²) in [6, 6.07) is 10.8. The van der Waals surface area contributed by atoms with E-state index in [1.165, 1.54) is 37.7 Å². The fourth-order valence-electron chi connectivity index (χ4n) is 11.1. The number of aliphatic hydroxyl groups excluding tert-OH is 1. The van der Waals surface area contributed by atoms with Gasteiger partial charge in [-0.15, -0.1) is 0 Å². The van der Waals surface area contributed by atoms with Crippen LogP contribution in [0, 0.1) is 35.0 Å². The third-order valence-corrected chi connectivity index (χ3v) is 14.5. The number of nitrogens with one attached hydrogen (secondary N) is 1. The Morgan fingerprint density at radius 2 is 1.95 bits per heavy atom. The van der Waals surface area contributed by atoms with Crippen molar-refractivity contribution >= 4 is 11.0 Å². The number of piperidine rings is 1. The molecule has 242 valence electrons. The zero-order valence-corrected chi connectivity index (χ0v) is 28.4. The minimum absolute atomic E-state index is 0.0565. The molecule has 2 N–H and O–H groups in total. The summed E-state index contributed by atoms with van der Waals surface area (Å²) in [5.74, 6) is 4.01. The number of allylic oxidation sites excluding steroid dienone is 2. The van der Waals surface area contributed by atoms with Gasteiger partial charge in [0, 0.05) is 37.3 Å². The highest BCUT2D eigenvalue weighted by Crippen LogP contribution is 2.64. The molecule has 1 unspecified atom stereocenters. The van der Waals surface area contributed by atoms with Gasteiger partial charge in [-0.05, 0) is 106 Å². The van der Waals surface area contributed by atoms with E-state index in [2.05, 4.69) is 67.7 Å². The standard InChI is InChI=1S/C38H56N2O3S/c1-25-20-35-36(40(24-25)18-17-39-44(42)19-14-28-8-6-5-7-9-28)27(3)38(43-35)16-13-31-32-11-10-29-21-30(41)12-15-37(29,4)34(32)22-33(31)26(2)23-38/h5-9,21,25,27,30-32,34-36,39,41H,10-20,22-24H2,1-4H3/t25-,27+,30-,31-,32-,34-,35+,36-,37-,38-,44?/m0/s1. The maximum atomic E-state index is 12.8. The Labute approximate surface area is 268 Å². The molecule has 2 saturated carbocycles. The van der Waals surface area contributed by atoms with E-state index in [1.54, 1.807) is 16.7 Å². The van der Waals surface area contributed by atoms with Gasteiger partial charge in [-0.3, -0.25) is 4.90 Å². The van der Waals surface area contributed by atoms with Crippen molar-refractivity contribution in [3.63, 3.8) is 0 Å².